The van der Waals surface area contributed by atoms with Crippen LogP contribution in [-0.4, -0.2) is 42.5 Å². The minimum absolute atomic E-state index is 0.401. The van der Waals surface area contributed by atoms with Crippen LogP contribution in [0, 0.1) is 6.92 Å². The molecule has 0 aliphatic rings. The van der Waals surface area contributed by atoms with Crippen LogP contribution in [-0.2, 0) is 11.2 Å². The zero-order valence-electron chi connectivity index (χ0n) is 12.0. The molecule has 0 radical (unpaired) electrons. The number of aromatic nitrogens is 1. The van der Waals surface area contributed by atoms with Gasteiger partial charge in [0.1, 0.15) is 0 Å². The molecule has 0 saturated carbocycles. The lowest BCUT2D eigenvalue weighted by atomic mass is 10.2. The fourth-order valence-electron chi connectivity index (χ4n) is 1.78. The van der Waals surface area contributed by atoms with Crippen molar-refractivity contribution in [1.29, 1.82) is 0 Å². The number of nitrogens with zero attached hydrogens (tertiary/aromatic N) is 1. The summed E-state index contributed by atoms with van der Waals surface area (Å²) in [6.07, 6.45) is 4.11. The van der Waals surface area contributed by atoms with Gasteiger partial charge in [0, 0.05) is 17.8 Å². The molecule has 1 heterocycles. The Bertz CT molecular complexity index is 331. The zero-order valence-corrected chi connectivity index (χ0v) is 12.8. The van der Waals surface area contributed by atoms with Crippen molar-refractivity contribution in [3.8, 4) is 0 Å². The van der Waals surface area contributed by atoms with Crippen molar-refractivity contribution in [3.63, 3.8) is 0 Å². The van der Waals surface area contributed by atoms with Crippen LogP contribution in [0.2, 0.25) is 0 Å². The molecule has 1 atom stereocenters. The Morgan fingerprint density at radius 2 is 2.32 bits per heavy atom. The van der Waals surface area contributed by atoms with Gasteiger partial charge in [-0.2, -0.15) is 0 Å². The smallest absolute Gasteiger partial charge is 0.0897 e. The molecule has 19 heavy (non-hydrogen) atoms. The molecular weight excluding hydrogens is 260 g/mol. The topological polar surface area (TPSA) is 54.4 Å². The molecule has 4 nitrogen and oxygen atoms in total. The Morgan fingerprint density at radius 1 is 1.47 bits per heavy atom. The second kappa shape index (κ2) is 10.3. The van der Waals surface area contributed by atoms with E-state index in [9.17, 15) is 5.11 Å². The van der Waals surface area contributed by atoms with E-state index < -0.39 is 6.10 Å². The second-order valence-electron chi connectivity index (χ2n) is 4.75. The minimum atomic E-state index is -0.413. The van der Waals surface area contributed by atoms with Gasteiger partial charge in [-0.05, 0) is 19.9 Å². The van der Waals surface area contributed by atoms with E-state index in [-0.39, 0.29) is 0 Å². The van der Waals surface area contributed by atoms with Crippen molar-refractivity contribution in [2.75, 3.05) is 26.3 Å². The van der Waals surface area contributed by atoms with Gasteiger partial charge in [-0.15, -0.1) is 11.3 Å². The van der Waals surface area contributed by atoms with Gasteiger partial charge in [0.25, 0.3) is 0 Å². The molecule has 2 N–H and O–H groups in total. The van der Waals surface area contributed by atoms with Gasteiger partial charge >= 0.3 is 0 Å². The zero-order chi connectivity index (χ0) is 13.9. The highest BCUT2D eigenvalue weighted by atomic mass is 32.1. The van der Waals surface area contributed by atoms with Crippen LogP contribution >= 0.6 is 11.3 Å². The van der Waals surface area contributed by atoms with Crippen molar-refractivity contribution in [1.82, 2.24) is 10.3 Å². The molecule has 110 valence electrons. The number of aliphatic hydroxyl groups excluding tert-OH is 1. The summed E-state index contributed by atoms with van der Waals surface area (Å²) in [7, 11) is 0. The highest BCUT2D eigenvalue weighted by Gasteiger charge is 2.05. The van der Waals surface area contributed by atoms with Gasteiger partial charge in [-0.25, -0.2) is 4.98 Å². The maximum atomic E-state index is 9.72. The summed E-state index contributed by atoms with van der Waals surface area (Å²) < 4.78 is 5.49. The Balaban J connectivity index is 1.95. The molecule has 0 aliphatic carbocycles. The van der Waals surface area contributed by atoms with Gasteiger partial charge in [0.05, 0.1) is 30.5 Å². The van der Waals surface area contributed by atoms with Gasteiger partial charge < -0.3 is 15.2 Å². The molecule has 0 aromatic carbocycles. The number of aryl methyl sites for hydroxylation is 1. The second-order valence-corrected chi connectivity index (χ2v) is 5.69. The lowest BCUT2D eigenvalue weighted by Gasteiger charge is -2.12. The van der Waals surface area contributed by atoms with Crippen LogP contribution in [0.15, 0.2) is 5.51 Å². The summed E-state index contributed by atoms with van der Waals surface area (Å²) in [6.45, 7) is 6.84. The fraction of sp³-hybridized carbons (Fsp3) is 0.786. The van der Waals surface area contributed by atoms with Crippen molar-refractivity contribution < 1.29 is 9.84 Å². The van der Waals surface area contributed by atoms with Crippen LogP contribution in [0.25, 0.3) is 0 Å². The number of hydrogen-bond donors (Lipinski definition) is 2. The number of hydrogen-bond acceptors (Lipinski definition) is 5. The summed E-state index contributed by atoms with van der Waals surface area (Å²) in [5, 5.41) is 13.0. The molecule has 1 aromatic rings. The summed E-state index contributed by atoms with van der Waals surface area (Å²) in [5.41, 5.74) is 2.95. The summed E-state index contributed by atoms with van der Waals surface area (Å²) >= 11 is 1.66. The Kier molecular flexibility index (Phi) is 8.99. The number of nitrogens with one attached hydrogen (secondary N) is 1. The Hall–Kier alpha value is -0.490. The molecular formula is C14H26N2O2S. The van der Waals surface area contributed by atoms with E-state index in [1.807, 2.05) is 12.4 Å². The standard InChI is InChI=1S/C14H26N2O2S/c1-3-4-5-7-15-9-13(17)10-18-8-6-14-12(2)16-11-19-14/h11,13,15,17H,3-10H2,1-2H3. The van der Waals surface area contributed by atoms with Crippen molar-refractivity contribution in [2.45, 2.75) is 45.6 Å². The lowest BCUT2D eigenvalue weighted by molar-refractivity contribution is 0.0385. The van der Waals surface area contributed by atoms with Crippen LogP contribution in [0.4, 0.5) is 0 Å². The average molecular weight is 286 g/mol. The summed E-state index contributed by atoms with van der Waals surface area (Å²) in [5.74, 6) is 0. The van der Waals surface area contributed by atoms with E-state index in [1.165, 1.54) is 24.1 Å². The molecule has 1 aromatic heterocycles. The predicted molar refractivity (Wildman–Crippen MR) is 79.8 cm³/mol. The Morgan fingerprint density at radius 3 is 3.00 bits per heavy atom. The van der Waals surface area contributed by atoms with Crippen LogP contribution in [0.1, 0.15) is 36.8 Å². The molecule has 5 heteroatoms. The third-order valence-electron chi connectivity index (χ3n) is 2.97. The Labute approximate surface area is 120 Å². The van der Waals surface area contributed by atoms with Gasteiger partial charge in [0.15, 0.2) is 0 Å². The SMILES string of the molecule is CCCCCNCC(O)COCCc1scnc1C. The average Bonchev–Trinajstić information content (AvgIpc) is 2.80. The van der Waals surface area contributed by atoms with Crippen molar-refractivity contribution in [2.24, 2.45) is 0 Å². The molecule has 0 bridgehead atoms. The summed E-state index contributed by atoms with van der Waals surface area (Å²) in [4.78, 5) is 5.47. The number of thiazole rings is 1. The quantitative estimate of drug-likeness (QED) is 0.612. The highest BCUT2D eigenvalue weighted by molar-refractivity contribution is 7.09. The molecule has 1 rings (SSSR count). The maximum absolute atomic E-state index is 9.72. The molecule has 1 unspecified atom stereocenters. The van der Waals surface area contributed by atoms with Crippen LogP contribution in [0.3, 0.4) is 0 Å². The number of ether oxygens (including phenoxy) is 1. The van der Waals surface area contributed by atoms with Gasteiger partial charge in [-0.1, -0.05) is 19.8 Å². The minimum Gasteiger partial charge on any atom is -0.389 e. The summed E-state index contributed by atoms with van der Waals surface area (Å²) in [6, 6.07) is 0. The van der Waals surface area contributed by atoms with E-state index >= 15 is 0 Å². The van der Waals surface area contributed by atoms with Gasteiger partial charge in [-0.3, -0.25) is 0 Å². The van der Waals surface area contributed by atoms with Crippen LogP contribution < -0.4 is 5.32 Å². The molecule has 0 aliphatic heterocycles. The first-order valence-corrected chi connectivity index (χ1v) is 7.97. The van der Waals surface area contributed by atoms with E-state index in [0.717, 1.165) is 18.7 Å². The molecule has 0 fully saturated rings. The van der Waals surface area contributed by atoms with Crippen molar-refractivity contribution >= 4 is 11.3 Å². The number of unbranched alkanes of at least 4 members (excludes halogenated alkanes) is 2. The number of rotatable bonds is 11. The normalized spacial score (nSPS) is 12.8. The predicted octanol–water partition coefficient (Wildman–Crippen LogP) is 2.15. The first kappa shape index (κ1) is 16.6. The van der Waals surface area contributed by atoms with E-state index in [0.29, 0.717) is 19.8 Å². The van der Waals surface area contributed by atoms with E-state index in [4.69, 9.17) is 4.74 Å². The molecule has 0 saturated heterocycles. The van der Waals surface area contributed by atoms with E-state index in [1.54, 1.807) is 11.3 Å². The lowest BCUT2D eigenvalue weighted by Crippen LogP contribution is -2.31. The maximum Gasteiger partial charge on any atom is 0.0897 e. The van der Waals surface area contributed by atoms with Gasteiger partial charge in [0.2, 0.25) is 0 Å². The third kappa shape index (κ3) is 7.62. The molecule has 0 spiro atoms. The fourth-order valence-corrected chi connectivity index (χ4v) is 2.54. The largest absolute Gasteiger partial charge is 0.389 e. The van der Waals surface area contributed by atoms with Crippen LogP contribution in [0.5, 0.6) is 0 Å². The monoisotopic (exact) mass is 286 g/mol. The highest BCUT2D eigenvalue weighted by Crippen LogP contribution is 2.12. The number of aliphatic hydroxyl groups is 1. The first-order valence-electron chi connectivity index (χ1n) is 7.09. The first-order chi connectivity index (χ1) is 9.24. The molecule has 0 amide bonds. The third-order valence-corrected chi connectivity index (χ3v) is 3.96. The van der Waals surface area contributed by atoms with E-state index in [2.05, 4.69) is 17.2 Å². The van der Waals surface area contributed by atoms with Crippen molar-refractivity contribution in [3.05, 3.63) is 16.1 Å².